The summed E-state index contributed by atoms with van der Waals surface area (Å²) in [7, 11) is 1.95. The summed E-state index contributed by atoms with van der Waals surface area (Å²) in [6.07, 6.45) is 4.15. The van der Waals surface area contributed by atoms with Crippen LogP contribution in [0.25, 0.3) is 0 Å². The highest BCUT2D eigenvalue weighted by Crippen LogP contribution is 2.34. The van der Waals surface area contributed by atoms with Crippen molar-refractivity contribution in [3.8, 4) is 0 Å². The molecule has 0 bridgehead atoms. The van der Waals surface area contributed by atoms with Crippen LogP contribution in [0.3, 0.4) is 0 Å². The number of nitrogens with one attached hydrogen (secondary N) is 1. The number of benzene rings is 1. The van der Waals surface area contributed by atoms with Crippen LogP contribution in [0.15, 0.2) is 18.2 Å². The molecule has 1 nitrogen and oxygen atoms in total. The van der Waals surface area contributed by atoms with Gasteiger partial charge in [0.15, 0.2) is 0 Å². The first-order valence-corrected chi connectivity index (χ1v) is 5.82. The second kappa shape index (κ2) is 4.91. The zero-order valence-electron chi connectivity index (χ0n) is 9.47. The van der Waals surface area contributed by atoms with E-state index in [0.29, 0.717) is 18.0 Å². The summed E-state index contributed by atoms with van der Waals surface area (Å²) in [4.78, 5) is 0. The van der Waals surface area contributed by atoms with Crippen molar-refractivity contribution in [3.05, 3.63) is 35.4 Å². The first kappa shape index (κ1) is 11.5. The molecule has 0 radical (unpaired) electrons. The maximum Gasteiger partial charge on any atom is 0.129 e. The van der Waals surface area contributed by atoms with Crippen molar-refractivity contribution in [3.63, 3.8) is 0 Å². The highest BCUT2D eigenvalue weighted by atomic mass is 19.1. The van der Waals surface area contributed by atoms with Gasteiger partial charge in [-0.05, 0) is 50.3 Å². The minimum absolute atomic E-state index is 0.425. The van der Waals surface area contributed by atoms with Crippen LogP contribution in [-0.4, -0.2) is 13.1 Å². The molecule has 0 heterocycles. The first-order chi connectivity index (χ1) is 7.70. The first-order valence-electron chi connectivity index (χ1n) is 5.82. The van der Waals surface area contributed by atoms with Crippen LogP contribution in [-0.2, 0) is 6.42 Å². The zero-order valence-corrected chi connectivity index (χ0v) is 9.47. The highest BCUT2D eigenvalue weighted by molar-refractivity contribution is 5.18. The SMILES string of the molecule is CNC(CCc1ccc(F)cc1F)C1CC1. The molecule has 0 aromatic heterocycles. The van der Waals surface area contributed by atoms with Crippen molar-refractivity contribution >= 4 is 0 Å². The van der Waals surface area contributed by atoms with Crippen LogP contribution in [0.5, 0.6) is 0 Å². The Morgan fingerprint density at radius 1 is 1.38 bits per heavy atom. The van der Waals surface area contributed by atoms with Crippen molar-refractivity contribution in [2.24, 2.45) is 5.92 Å². The molecule has 0 saturated heterocycles. The van der Waals surface area contributed by atoms with Gasteiger partial charge in [0.1, 0.15) is 11.6 Å². The number of hydrogen-bond acceptors (Lipinski definition) is 1. The fourth-order valence-electron chi connectivity index (χ4n) is 2.15. The van der Waals surface area contributed by atoms with E-state index in [0.717, 1.165) is 18.4 Å². The Morgan fingerprint density at radius 3 is 2.69 bits per heavy atom. The van der Waals surface area contributed by atoms with Gasteiger partial charge in [0, 0.05) is 12.1 Å². The number of halogens is 2. The molecule has 1 atom stereocenters. The maximum absolute atomic E-state index is 13.4. The van der Waals surface area contributed by atoms with Gasteiger partial charge in [-0.1, -0.05) is 6.07 Å². The molecule has 3 heteroatoms. The lowest BCUT2D eigenvalue weighted by Gasteiger charge is -2.15. The summed E-state index contributed by atoms with van der Waals surface area (Å²) >= 11 is 0. The number of aryl methyl sites for hydroxylation is 1. The topological polar surface area (TPSA) is 12.0 Å². The fourth-order valence-corrected chi connectivity index (χ4v) is 2.15. The molecule has 0 aliphatic heterocycles. The third-order valence-electron chi connectivity index (χ3n) is 3.30. The Labute approximate surface area is 94.9 Å². The lowest BCUT2D eigenvalue weighted by Crippen LogP contribution is -2.27. The van der Waals surface area contributed by atoms with Gasteiger partial charge >= 0.3 is 0 Å². The Kier molecular flexibility index (Phi) is 3.54. The largest absolute Gasteiger partial charge is 0.317 e. The fraction of sp³-hybridized carbons (Fsp3) is 0.538. The Balaban J connectivity index is 1.92. The van der Waals surface area contributed by atoms with E-state index in [9.17, 15) is 8.78 Å². The van der Waals surface area contributed by atoms with Crippen molar-refractivity contribution in [2.45, 2.75) is 31.7 Å². The predicted octanol–water partition coefficient (Wildman–Crippen LogP) is 2.90. The normalized spacial score (nSPS) is 17.4. The van der Waals surface area contributed by atoms with E-state index in [4.69, 9.17) is 0 Å². The van der Waals surface area contributed by atoms with Crippen molar-refractivity contribution in [1.29, 1.82) is 0 Å². The summed E-state index contributed by atoms with van der Waals surface area (Å²) in [6, 6.07) is 4.30. The molecule has 1 aliphatic carbocycles. The van der Waals surface area contributed by atoms with Gasteiger partial charge in [-0.15, -0.1) is 0 Å². The molecule has 0 spiro atoms. The summed E-state index contributed by atoms with van der Waals surface area (Å²) in [5, 5.41) is 3.27. The summed E-state index contributed by atoms with van der Waals surface area (Å²) in [5.74, 6) is -0.173. The summed E-state index contributed by atoms with van der Waals surface area (Å²) < 4.78 is 26.1. The van der Waals surface area contributed by atoms with Crippen LogP contribution < -0.4 is 5.32 Å². The van der Waals surface area contributed by atoms with E-state index in [1.165, 1.54) is 18.9 Å². The molecule has 1 aromatic carbocycles. The molecular formula is C13H17F2N. The van der Waals surface area contributed by atoms with E-state index in [-0.39, 0.29) is 0 Å². The molecule has 1 aromatic rings. The molecule has 1 aliphatic rings. The molecule has 1 unspecified atom stereocenters. The highest BCUT2D eigenvalue weighted by Gasteiger charge is 2.29. The average Bonchev–Trinajstić information content (AvgIpc) is 3.06. The van der Waals surface area contributed by atoms with Crippen molar-refractivity contribution in [1.82, 2.24) is 5.32 Å². The second-order valence-electron chi connectivity index (χ2n) is 4.51. The van der Waals surface area contributed by atoms with Crippen molar-refractivity contribution < 1.29 is 8.78 Å². The zero-order chi connectivity index (χ0) is 11.5. The number of rotatable bonds is 5. The van der Waals surface area contributed by atoms with E-state index in [1.807, 2.05) is 7.05 Å². The Hall–Kier alpha value is -0.960. The summed E-state index contributed by atoms with van der Waals surface area (Å²) in [6.45, 7) is 0. The number of hydrogen-bond donors (Lipinski definition) is 1. The molecule has 0 amide bonds. The quantitative estimate of drug-likeness (QED) is 0.812. The van der Waals surface area contributed by atoms with Gasteiger partial charge < -0.3 is 5.32 Å². The van der Waals surface area contributed by atoms with Crippen LogP contribution >= 0.6 is 0 Å². The molecule has 16 heavy (non-hydrogen) atoms. The average molecular weight is 225 g/mol. The minimum Gasteiger partial charge on any atom is -0.317 e. The smallest absolute Gasteiger partial charge is 0.129 e. The van der Waals surface area contributed by atoms with Crippen LogP contribution in [0.1, 0.15) is 24.8 Å². The van der Waals surface area contributed by atoms with Gasteiger partial charge in [-0.3, -0.25) is 0 Å². The minimum atomic E-state index is -0.506. The van der Waals surface area contributed by atoms with E-state index < -0.39 is 11.6 Å². The third kappa shape index (κ3) is 2.79. The van der Waals surface area contributed by atoms with Gasteiger partial charge in [0.05, 0.1) is 0 Å². The van der Waals surface area contributed by atoms with Gasteiger partial charge in [0.25, 0.3) is 0 Å². The van der Waals surface area contributed by atoms with Crippen molar-refractivity contribution in [2.75, 3.05) is 7.05 Å². The van der Waals surface area contributed by atoms with Gasteiger partial charge in [0.2, 0.25) is 0 Å². The Morgan fingerprint density at radius 2 is 2.12 bits per heavy atom. The van der Waals surface area contributed by atoms with E-state index >= 15 is 0 Å². The molecule has 1 fully saturated rings. The lowest BCUT2D eigenvalue weighted by atomic mass is 10.0. The Bertz CT molecular complexity index is 361. The van der Waals surface area contributed by atoms with E-state index in [1.54, 1.807) is 6.07 Å². The predicted molar refractivity (Wildman–Crippen MR) is 60.3 cm³/mol. The van der Waals surface area contributed by atoms with Gasteiger partial charge in [-0.2, -0.15) is 0 Å². The molecule has 2 rings (SSSR count). The van der Waals surface area contributed by atoms with Crippen LogP contribution in [0.4, 0.5) is 8.78 Å². The second-order valence-corrected chi connectivity index (χ2v) is 4.51. The monoisotopic (exact) mass is 225 g/mol. The molecule has 1 N–H and O–H groups in total. The van der Waals surface area contributed by atoms with Crippen LogP contribution in [0.2, 0.25) is 0 Å². The van der Waals surface area contributed by atoms with E-state index in [2.05, 4.69) is 5.32 Å². The molecule has 1 saturated carbocycles. The summed E-state index contributed by atoms with van der Waals surface area (Å²) in [5.41, 5.74) is 0.613. The van der Waals surface area contributed by atoms with Gasteiger partial charge in [-0.25, -0.2) is 8.78 Å². The van der Waals surface area contributed by atoms with Crippen LogP contribution in [0, 0.1) is 17.6 Å². The maximum atomic E-state index is 13.4. The third-order valence-corrected chi connectivity index (χ3v) is 3.30. The molecular weight excluding hydrogens is 208 g/mol. The standard InChI is InChI=1S/C13H17F2N/c1-16-13(10-2-3-10)7-5-9-4-6-11(14)8-12(9)15/h4,6,8,10,13,16H,2-3,5,7H2,1H3. The lowest BCUT2D eigenvalue weighted by molar-refractivity contribution is 0.464. The molecule has 88 valence electrons.